The van der Waals surface area contributed by atoms with Gasteiger partial charge in [0.2, 0.25) is 5.91 Å². The van der Waals surface area contributed by atoms with Crippen LogP contribution in [0.1, 0.15) is 6.92 Å². The number of nitrogens with one attached hydrogen (secondary N) is 1. The van der Waals surface area contributed by atoms with Gasteiger partial charge in [-0.25, -0.2) is 4.98 Å². The van der Waals surface area contributed by atoms with E-state index >= 15 is 0 Å². The van der Waals surface area contributed by atoms with Gasteiger partial charge in [-0.15, -0.1) is 0 Å². The van der Waals surface area contributed by atoms with Crippen molar-refractivity contribution < 1.29 is 9.53 Å². The molecule has 1 aliphatic heterocycles. The van der Waals surface area contributed by atoms with Crippen LogP contribution in [-0.4, -0.2) is 48.2 Å². The molecule has 2 heterocycles. The highest BCUT2D eigenvalue weighted by Gasteiger charge is 2.30. The second-order valence-electron chi connectivity index (χ2n) is 3.88. The lowest BCUT2D eigenvalue weighted by Crippen LogP contribution is -2.54. The zero-order valence-corrected chi connectivity index (χ0v) is 10.9. The maximum Gasteiger partial charge on any atom is 0.245 e. The molecule has 0 saturated carbocycles. The van der Waals surface area contributed by atoms with Crippen molar-refractivity contribution in [1.82, 2.24) is 15.3 Å². The number of hydrogen-bond acceptors (Lipinski definition) is 5. The van der Waals surface area contributed by atoms with Gasteiger partial charge in [0, 0.05) is 13.1 Å². The van der Waals surface area contributed by atoms with Crippen LogP contribution in [0.15, 0.2) is 12.4 Å². The number of aromatic nitrogens is 2. The fourth-order valence-electron chi connectivity index (χ4n) is 1.86. The molecule has 0 bridgehead atoms. The summed E-state index contributed by atoms with van der Waals surface area (Å²) in [5, 5.41) is 3.10. The van der Waals surface area contributed by atoms with E-state index in [2.05, 4.69) is 15.3 Å². The zero-order chi connectivity index (χ0) is 13.0. The van der Waals surface area contributed by atoms with E-state index in [4.69, 9.17) is 16.3 Å². The highest BCUT2D eigenvalue weighted by Crippen LogP contribution is 2.18. The number of likely N-dealkylation sites (N-methyl/N-ethyl adjacent to an activating group) is 1. The summed E-state index contributed by atoms with van der Waals surface area (Å²) in [5.74, 6) is 0.529. The maximum absolute atomic E-state index is 12.0. The molecule has 1 N–H and O–H groups in total. The normalized spacial score (nSPS) is 19.7. The van der Waals surface area contributed by atoms with E-state index in [1.54, 1.807) is 6.20 Å². The summed E-state index contributed by atoms with van der Waals surface area (Å²) in [6, 6.07) is -0.383. The molecular formula is C11H15ClN4O2. The van der Waals surface area contributed by atoms with Crippen LogP contribution in [0.5, 0.6) is 0 Å². The molecule has 1 atom stereocenters. The Labute approximate surface area is 110 Å². The standard InChI is InChI=1S/C11H15ClN4O2/c1-2-14-11(17)8-7-18-4-3-16(8)10-6-13-5-9(12)15-10/h5-6,8H,2-4,7H2,1H3,(H,14,17). The van der Waals surface area contributed by atoms with Gasteiger partial charge in [-0.3, -0.25) is 9.78 Å². The Kier molecular flexibility index (Phi) is 4.33. The third-order valence-corrected chi connectivity index (χ3v) is 2.85. The molecule has 1 fully saturated rings. The molecule has 1 aromatic rings. The minimum Gasteiger partial charge on any atom is -0.377 e. The van der Waals surface area contributed by atoms with Gasteiger partial charge in [-0.05, 0) is 6.92 Å². The van der Waals surface area contributed by atoms with E-state index in [1.165, 1.54) is 6.20 Å². The lowest BCUT2D eigenvalue weighted by molar-refractivity contribution is -0.124. The van der Waals surface area contributed by atoms with Gasteiger partial charge >= 0.3 is 0 Å². The van der Waals surface area contributed by atoms with Crippen LogP contribution in [-0.2, 0) is 9.53 Å². The second-order valence-corrected chi connectivity index (χ2v) is 4.27. The quantitative estimate of drug-likeness (QED) is 0.865. The average molecular weight is 271 g/mol. The minimum atomic E-state index is -0.383. The largest absolute Gasteiger partial charge is 0.377 e. The number of halogens is 1. The number of amides is 1. The Hall–Kier alpha value is -1.40. The first-order chi connectivity index (χ1) is 8.72. The van der Waals surface area contributed by atoms with Crippen LogP contribution in [0.25, 0.3) is 0 Å². The minimum absolute atomic E-state index is 0.0704. The lowest BCUT2D eigenvalue weighted by Gasteiger charge is -2.35. The molecule has 0 aromatic carbocycles. The number of carbonyl (C=O) groups is 1. The van der Waals surface area contributed by atoms with Crippen molar-refractivity contribution in [3.8, 4) is 0 Å². The van der Waals surface area contributed by atoms with E-state index in [-0.39, 0.29) is 11.9 Å². The van der Waals surface area contributed by atoms with Crippen LogP contribution in [0.2, 0.25) is 5.15 Å². The Morgan fingerprint density at radius 3 is 3.22 bits per heavy atom. The Morgan fingerprint density at radius 2 is 2.50 bits per heavy atom. The van der Waals surface area contributed by atoms with E-state index in [1.807, 2.05) is 11.8 Å². The van der Waals surface area contributed by atoms with Crippen LogP contribution in [0.4, 0.5) is 5.82 Å². The number of nitrogens with zero attached hydrogens (tertiary/aromatic N) is 3. The first kappa shape index (κ1) is 13.0. The number of rotatable bonds is 3. The summed E-state index contributed by atoms with van der Waals surface area (Å²) < 4.78 is 5.35. The monoisotopic (exact) mass is 270 g/mol. The number of ether oxygens (including phenoxy) is 1. The summed E-state index contributed by atoms with van der Waals surface area (Å²) in [6.07, 6.45) is 3.07. The molecule has 7 heteroatoms. The van der Waals surface area contributed by atoms with Crippen LogP contribution in [0.3, 0.4) is 0 Å². The molecule has 0 aliphatic carbocycles. The molecule has 98 valence electrons. The van der Waals surface area contributed by atoms with Crippen LogP contribution < -0.4 is 10.2 Å². The molecule has 1 unspecified atom stereocenters. The maximum atomic E-state index is 12.0. The van der Waals surface area contributed by atoms with E-state index in [0.29, 0.717) is 37.3 Å². The van der Waals surface area contributed by atoms with Gasteiger partial charge in [0.1, 0.15) is 17.0 Å². The zero-order valence-electron chi connectivity index (χ0n) is 10.1. The summed E-state index contributed by atoms with van der Waals surface area (Å²) in [6.45, 7) is 3.97. The van der Waals surface area contributed by atoms with Gasteiger partial charge in [-0.1, -0.05) is 11.6 Å². The molecule has 1 saturated heterocycles. The van der Waals surface area contributed by atoms with Crippen molar-refractivity contribution in [3.63, 3.8) is 0 Å². The van der Waals surface area contributed by atoms with Crippen LogP contribution in [0, 0.1) is 0 Å². The molecule has 0 spiro atoms. The topological polar surface area (TPSA) is 67.3 Å². The highest BCUT2D eigenvalue weighted by atomic mass is 35.5. The predicted molar refractivity (Wildman–Crippen MR) is 67.7 cm³/mol. The van der Waals surface area contributed by atoms with E-state index in [0.717, 1.165) is 0 Å². The van der Waals surface area contributed by atoms with E-state index in [9.17, 15) is 4.79 Å². The fraction of sp³-hybridized carbons (Fsp3) is 0.545. The summed E-state index contributed by atoms with van der Waals surface area (Å²) in [7, 11) is 0. The second kappa shape index (κ2) is 5.97. The third kappa shape index (κ3) is 2.88. The smallest absolute Gasteiger partial charge is 0.245 e. The number of morpholine rings is 1. The SMILES string of the molecule is CCNC(=O)C1COCCN1c1cncc(Cl)n1. The highest BCUT2D eigenvalue weighted by molar-refractivity contribution is 6.29. The van der Waals surface area contributed by atoms with Gasteiger partial charge in [0.05, 0.1) is 25.6 Å². The first-order valence-electron chi connectivity index (χ1n) is 5.82. The molecule has 2 rings (SSSR count). The Bertz CT molecular complexity index is 429. The van der Waals surface area contributed by atoms with Crippen molar-refractivity contribution in [2.24, 2.45) is 0 Å². The molecule has 1 amide bonds. The molecule has 0 radical (unpaired) electrons. The number of carbonyl (C=O) groups excluding carboxylic acids is 1. The molecule has 1 aromatic heterocycles. The Balaban J connectivity index is 2.20. The number of anilines is 1. The summed E-state index contributed by atoms with van der Waals surface area (Å²) >= 11 is 5.82. The van der Waals surface area contributed by atoms with Crippen LogP contribution >= 0.6 is 11.6 Å². The summed E-state index contributed by atoms with van der Waals surface area (Å²) in [5.41, 5.74) is 0. The van der Waals surface area contributed by atoms with Gasteiger partial charge < -0.3 is 15.0 Å². The first-order valence-corrected chi connectivity index (χ1v) is 6.19. The molecule has 1 aliphatic rings. The average Bonchev–Trinajstić information content (AvgIpc) is 2.39. The van der Waals surface area contributed by atoms with E-state index < -0.39 is 0 Å². The lowest BCUT2D eigenvalue weighted by atomic mass is 10.2. The predicted octanol–water partition coefficient (Wildman–Crippen LogP) is 0.471. The fourth-order valence-corrected chi connectivity index (χ4v) is 2.00. The molecular weight excluding hydrogens is 256 g/mol. The van der Waals surface area contributed by atoms with Gasteiger partial charge in [-0.2, -0.15) is 0 Å². The van der Waals surface area contributed by atoms with Crippen molar-refractivity contribution in [2.75, 3.05) is 31.2 Å². The van der Waals surface area contributed by atoms with Crippen molar-refractivity contribution in [2.45, 2.75) is 13.0 Å². The third-order valence-electron chi connectivity index (χ3n) is 2.67. The van der Waals surface area contributed by atoms with Gasteiger partial charge in [0.25, 0.3) is 0 Å². The Morgan fingerprint density at radius 1 is 1.67 bits per heavy atom. The summed E-state index contributed by atoms with van der Waals surface area (Å²) in [4.78, 5) is 22.0. The molecule has 6 nitrogen and oxygen atoms in total. The van der Waals surface area contributed by atoms with Gasteiger partial charge in [0.15, 0.2) is 0 Å². The molecule has 18 heavy (non-hydrogen) atoms. The van der Waals surface area contributed by atoms with Crippen molar-refractivity contribution in [1.29, 1.82) is 0 Å². The number of hydrogen-bond donors (Lipinski definition) is 1. The van der Waals surface area contributed by atoms with Crippen molar-refractivity contribution in [3.05, 3.63) is 17.5 Å². The van der Waals surface area contributed by atoms with Crippen molar-refractivity contribution >= 4 is 23.3 Å².